The second-order valence-corrected chi connectivity index (χ2v) is 10.7. The van der Waals surface area contributed by atoms with Gasteiger partial charge in [0.1, 0.15) is 78.7 Å². The Morgan fingerprint density at radius 2 is 1.15 bits per heavy atom. The molecule has 0 spiro atoms. The topological polar surface area (TPSA) is 261 Å². The van der Waals surface area contributed by atoms with Gasteiger partial charge >= 0.3 is 0 Å². The number of nitrogens with zero attached hydrogens (tertiary/aromatic N) is 1. The average molecular weight is 598 g/mol. The van der Waals surface area contributed by atoms with Crippen molar-refractivity contribution >= 4 is 11.8 Å². The second kappa shape index (κ2) is 13.9. The molecule has 4 heterocycles. The van der Waals surface area contributed by atoms with Crippen LogP contribution in [0.15, 0.2) is 29.4 Å². The number of hydrogen-bond donors (Lipinski definition) is 10. The van der Waals surface area contributed by atoms with E-state index in [4.69, 9.17) is 23.7 Å². The molecule has 3 aliphatic heterocycles. The molecule has 0 amide bonds. The molecule has 0 bridgehead atoms. The van der Waals surface area contributed by atoms with E-state index >= 15 is 0 Å². The van der Waals surface area contributed by atoms with Gasteiger partial charge in [0, 0.05) is 6.20 Å². The SMILES string of the molecule is OC[C@H]1O[C@@H](O[C@H]2[C@H](O)[C@@H](O)[C@H](O[C@H]3[C@H](O)[C@@H](O)[C@H](Sc4ccccn4)O[C@@H]3CO)O[C@@H]2CO)[C@H](O)[C@@H](O)[C@@H]1O. The van der Waals surface area contributed by atoms with Crippen molar-refractivity contribution < 1.29 is 74.7 Å². The first-order valence-electron chi connectivity index (χ1n) is 12.5. The van der Waals surface area contributed by atoms with Crippen molar-refractivity contribution in [2.75, 3.05) is 19.8 Å². The monoisotopic (exact) mass is 597 g/mol. The summed E-state index contributed by atoms with van der Waals surface area (Å²) < 4.78 is 27.7. The Bertz CT molecular complexity index is 916. The zero-order chi connectivity index (χ0) is 29.1. The minimum absolute atomic E-state index is 0.486. The van der Waals surface area contributed by atoms with Gasteiger partial charge in [0.05, 0.1) is 24.8 Å². The molecule has 0 aromatic carbocycles. The van der Waals surface area contributed by atoms with Gasteiger partial charge in [0.2, 0.25) is 0 Å². The molecular weight excluding hydrogens is 562 g/mol. The fraction of sp³-hybridized carbons (Fsp3) is 0.783. The van der Waals surface area contributed by atoms with Crippen LogP contribution in [0.3, 0.4) is 0 Å². The highest BCUT2D eigenvalue weighted by atomic mass is 32.2. The molecule has 1 aromatic heterocycles. The zero-order valence-corrected chi connectivity index (χ0v) is 21.8. The third kappa shape index (κ3) is 6.60. The normalized spacial score (nSPS) is 46.3. The van der Waals surface area contributed by atoms with Gasteiger partial charge in [-0.25, -0.2) is 4.98 Å². The van der Waals surface area contributed by atoms with Crippen LogP contribution in [-0.2, 0) is 23.7 Å². The van der Waals surface area contributed by atoms with Crippen molar-refractivity contribution in [2.45, 2.75) is 96.3 Å². The van der Waals surface area contributed by atoms with Crippen molar-refractivity contribution in [3.8, 4) is 0 Å². The number of ether oxygens (including phenoxy) is 5. The zero-order valence-electron chi connectivity index (χ0n) is 21.0. The number of aromatic nitrogens is 1. The highest BCUT2D eigenvalue weighted by Crippen LogP contribution is 2.36. The maximum Gasteiger partial charge on any atom is 0.187 e. The molecule has 0 unspecified atom stereocenters. The summed E-state index contributed by atoms with van der Waals surface area (Å²) in [6.07, 6.45) is -21.0. The highest BCUT2D eigenvalue weighted by molar-refractivity contribution is 7.99. The van der Waals surface area contributed by atoms with Crippen molar-refractivity contribution in [3.05, 3.63) is 24.4 Å². The van der Waals surface area contributed by atoms with E-state index in [-0.39, 0.29) is 0 Å². The first-order chi connectivity index (χ1) is 19.1. The maximum absolute atomic E-state index is 10.8. The number of pyridine rings is 1. The van der Waals surface area contributed by atoms with E-state index in [0.29, 0.717) is 5.03 Å². The third-order valence-corrected chi connectivity index (χ3v) is 8.05. The second-order valence-electron chi connectivity index (χ2n) is 9.60. The summed E-state index contributed by atoms with van der Waals surface area (Å²) in [5.74, 6) is 0. The summed E-state index contributed by atoms with van der Waals surface area (Å²) in [6, 6.07) is 5.07. The van der Waals surface area contributed by atoms with Gasteiger partial charge in [-0.15, -0.1) is 0 Å². The Labute approximate surface area is 232 Å². The predicted molar refractivity (Wildman–Crippen MR) is 129 cm³/mol. The summed E-state index contributed by atoms with van der Waals surface area (Å²) in [6.45, 7) is -2.20. The molecule has 3 aliphatic rings. The molecule has 3 saturated heterocycles. The Balaban J connectivity index is 1.43. The molecule has 3 fully saturated rings. The van der Waals surface area contributed by atoms with Crippen LogP contribution < -0.4 is 0 Å². The summed E-state index contributed by atoms with van der Waals surface area (Å²) in [4.78, 5) is 4.12. The van der Waals surface area contributed by atoms with Crippen molar-refractivity contribution in [1.29, 1.82) is 0 Å². The van der Waals surface area contributed by atoms with Gasteiger partial charge in [0.15, 0.2) is 12.6 Å². The van der Waals surface area contributed by atoms with Crippen molar-refractivity contribution in [1.82, 2.24) is 4.98 Å². The lowest BCUT2D eigenvalue weighted by Gasteiger charge is -2.48. The van der Waals surface area contributed by atoms with Gasteiger partial charge in [-0.05, 0) is 12.1 Å². The van der Waals surface area contributed by atoms with Gasteiger partial charge < -0.3 is 74.7 Å². The Morgan fingerprint density at radius 1 is 0.625 bits per heavy atom. The lowest BCUT2D eigenvalue weighted by atomic mass is 9.96. The van der Waals surface area contributed by atoms with E-state index in [0.717, 1.165) is 11.8 Å². The van der Waals surface area contributed by atoms with E-state index in [1.54, 1.807) is 18.2 Å². The Kier molecular flexibility index (Phi) is 11.1. The van der Waals surface area contributed by atoms with Crippen LogP contribution in [0, 0.1) is 0 Å². The van der Waals surface area contributed by atoms with E-state index < -0.39 is 111 Å². The number of aliphatic hydroxyl groups is 10. The molecule has 17 heteroatoms. The van der Waals surface area contributed by atoms with Gasteiger partial charge in [-0.3, -0.25) is 0 Å². The molecule has 0 aliphatic carbocycles. The molecule has 0 saturated carbocycles. The van der Waals surface area contributed by atoms with E-state index in [2.05, 4.69) is 4.98 Å². The number of aliphatic hydroxyl groups excluding tert-OH is 10. The van der Waals surface area contributed by atoms with Gasteiger partial charge in [0.25, 0.3) is 0 Å². The smallest absolute Gasteiger partial charge is 0.187 e. The molecule has 10 N–H and O–H groups in total. The quantitative estimate of drug-likeness (QED) is 0.127. The first kappa shape index (κ1) is 31.8. The molecule has 0 radical (unpaired) electrons. The van der Waals surface area contributed by atoms with Crippen LogP contribution in [0.25, 0.3) is 0 Å². The molecule has 1 aromatic rings. The molecule has 4 rings (SSSR count). The molecule has 228 valence electrons. The summed E-state index contributed by atoms with van der Waals surface area (Å²) in [5, 5.41) is 103. The molecule has 15 atom stereocenters. The van der Waals surface area contributed by atoms with Gasteiger partial charge in [-0.2, -0.15) is 0 Å². The van der Waals surface area contributed by atoms with Gasteiger partial charge in [-0.1, -0.05) is 17.8 Å². The highest BCUT2D eigenvalue weighted by Gasteiger charge is 2.53. The Morgan fingerprint density at radius 3 is 1.70 bits per heavy atom. The van der Waals surface area contributed by atoms with E-state index in [1.807, 2.05) is 0 Å². The summed E-state index contributed by atoms with van der Waals surface area (Å²) in [5.41, 5.74) is -1.04. The largest absolute Gasteiger partial charge is 0.394 e. The fourth-order valence-corrected chi connectivity index (χ4v) is 5.69. The fourth-order valence-electron chi connectivity index (χ4n) is 4.68. The standard InChI is InChI=1S/C23H35NO15S/c25-5-8-12(28)13(29)16(32)21(35-8)38-19-9(6-26)36-22(17(33)14(19)30)39-20-10(7-27)37-23(18(34)15(20)31)40-11-3-1-2-4-24-11/h1-4,8-10,12-23,25-34H,5-7H2/t8-,9-,10-,12-,13+,14-,15-,16-,17-,18-,19-,20-,21+,22+,23+/m1/s1. The van der Waals surface area contributed by atoms with Crippen LogP contribution in [0.2, 0.25) is 0 Å². The minimum atomic E-state index is -1.89. The number of hydrogen-bond acceptors (Lipinski definition) is 17. The number of rotatable bonds is 9. The summed E-state index contributed by atoms with van der Waals surface area (Å²) in [7, 11) is 0. The predicted octanol–water partition coefficient (Wildman–Crippen LogP) is -5.38. The lowest BCUT2D eigenvalue weighted by Crippen LogP contribution is -2.66. The van der Waals surface area contributed by atoms with E-state index in [9.17, 15) is 51.1 Å². The first-order valence-corrected chi connectivity index (χ1v) is 13.4. The summed E-state index contributed by atoms with van der Waals surface area (Å²) >= 11 is 1.01. The minimum Gasteiger partial charge on any atom is -0.394 e. The van der Waals surface area contributed by atoms with Crippen molar-refractivity contribution in [2.24, 2.45) is 0 Å². The lowest BCUT2D eigenvalue weighted by molar-refractivity contribution is -0.371. The average Bonchev–Trinajstić information content (AvgIpc) is 2.96. The van der Waals surface area contributed by atoms with Crippen LogP contribution >= 0.6 is 11.8 Å². The Hall–Kier alpha value is -1.10. The maximum atomic E-state index is 10.8. The number of thioether (sulfide) groups is 1. The van der Waals surface area contributed by atoms with E-state index in [1.165, 1.54) is 6.20 Å². The van der Waals surface area contributed by atoms with Crippen molar-refractivity contribution in [3.63, 3.8) is 0 Å². The van der Waals surface area contributed by atoms with Crippen LogP contribution in [0.4, 0.5) is 0 Å². The van der Waals surface area contributed by atoms with Crippen LogP contribution in [-0.4, -0.2) is 167 Å². The molecular formula is C23H35NO15S. The molecule has 40 heavy (non-hydrogen) atoms. The van der Waals surface area contributed by atoms with Crippen LogP contribution in [0.5, 0.6) is 0 Å². The third-order valence-electron chi connectivity index (χ3n) is 6.95. The molecule has 16 nitrogen and oxygen atoms in total. The van der Waals surface area contributed by atoms with Crippen LogP contribution in [0.1, 0.15) is 0 Å².